The van der Waals surface area contributed by atoms with E-state index in [1.807, 2.05) is 27.2 Å². The Morgan fingerprint density at radius 2 is 0.912 bits per heavy atom. The monoisotopic (exact) mass is 971 g/mol. The predicted octanol–water partition coefficient (Wildman–Crippen LogP) is 16.2. The molecule has 0 aromatic rings. The van der Waals surface area contributed by atoms with Gasteiger partial charge in [-0.05, 0) is 83.5 Å². The van der Waals surface area contributed by atoms with Crippen LogP contribution in [0.25, 0.3) is 0 Å². The second-order valence-corrected chi connectivity index (χ2v) is 21.3. The Morgan fingerprint density at radius 3 is 1.37 bits per heavy atom. The zero-order valence-corrected chi connectivity index (χ0v) is 45.7. The van der Waals surface area contributed by atoms with Gasteiger partial charge < -0.3 is 28.8 Å². The SMILES string of the molecule is CC/C=C\C/C=C\C/C=C\C/C=C\CCCCCCCCCCCCCCC(=O)NC(COP(=O)([O-])OCC[N+](C)(C)C)C(O)/C=C/CC/C=C/CC/C=C/CCCCCCCCCCCCC. The Morgan fingerprint density at radius 1 is 0.529 bits per heavy atom. The van der Waals surface area contributed by atoms with Crippen molar-refractivity contribution in [1.82, 2.24) is 5.32 Å². The van der Waals surface area contributed by atoms with Gasteiger partial charge in [0.15, 0.2) is 0 Å². The number of aliphatic hydroxyl groups excluding tert-OH is 1. The lowest BCUT2D eigenvalue weighted by Crippen LogP contribution is -2.45. The van der Waals surface area contributed by atoms with E-state index in [0.717, 1.165) is 70.6 Å². The van der Waals surface area contributed by atoms with Crippen molar-refractivity contribution < 1.29 is 32.9 Å². The maximum Gasteiger partial charge on any atom is 0.268 e. The molecular weight excluding hydrogens is 864 g/mol. The van der Waals surface area contributed by atoms with Crippen molar-refractivity contribution in [2.75, 3.05) is 40.9 Å². The summed E-state index contributed by atoms with van der Waals surface area (Å²) < 4.78 is 23.3. The van der Waals surface area contributed by atoms with Gasteiger partial charge in [0.25, 0.3) is 7.82 Å². The maximum absolute atomic E-state index is 13.0. The van der Waals surface area contributed by atoms with Crippen LogP contribution in [0.5, 0.6) is 0 Å². The number of allylic oxidation sites excluding steroid dienone is 13. The number of phosphoric acid groups is 1. The minimum Gasteiger partial charge on any atom is -0.756 e. The van der Waals surface area contributed by atoms with E-state index in [2.05, 4.69) is 92.1 Å². The summed E-state index contributed by atoms with van der Waals surface area (Å²) in [6, 6.07) is -0.916. The van der Waals surface area contributed by atoms with Crippen LogP contribution < -0.4 is 10.2 Å². The number of unbranched alkanes of at least 4 members (excludes halogenated alkanes) is 25. The smallest absolute Gasteiger partial charge is 0.268 e. The third-order valence-corrected chi connectivity index (χ3v) is 13.0. The quantitative estimate of drug-likeness (QED) is 0.0272. The van der Waals surface area contributed by atoms with Crippen LogP contribution >= 0.6 is 7.82 Å². The van der Waals surface area contributed by atoms with Crippen molar-refractivity contribution in [2.24, 2.45) is 0 Å². The van der Waals surface area contributed by atoms with Crippen molar-refractivity contribution >= 4 is 13.7 Å². The summed E-state index contributed by atoms with van der Waals surface area (Å²) in [5, 5.41) is 13.9. The minimum atomic E-state index is -4.61. The van der Waals surface area contributed by atoms with Crippen molar-refractivity contribution in [3.63, 3.8) is 0 Å². The highest BCUT2D eigenvalue weighted by Crippen LogP contribution is 2.38. The molecule has 0 saturated heterocycles. The number of nitrogens with zero attached hydrogens (tertiary/aromatic N) is 1. The molecule has 8 nitrogen and oxygen atoms in total. The van der Waals surface area contributed by atoms with Gasteiger partial charge in [0.2, 0.25) is 5.91 Å². The number of amides is 1. The van der Waals surface area contributed by atoms with Crippen LogP contribution in [0.1, 0.15) is 232 Å². The van der Waals surface area contributed by atoms with Crippen LogP contribution in [0.2, 0.25) is 0 Å². The largest absolute Gasteiger partial charge is 0.756 e. The topological polar surface area (TPSA) is 108 Å². The van der Waals surface area contributed by atoms with Crippen LogP contribution in [0.15, 0.2) is 85.1 Å². The van der Waals surface area contributed by atoms with E-state index >= 15 is 0 Å². The molecule has 9 heteroatoms. The number of hydrogen-bond acceptors (Lipinski definition) is 6. The van der Waals surface area contributed by atoms with Gasteiger partial charge in [0.05, 0.1) is 39.9 Å². The lowest BCUT2D eigenvalue weighted by molar-refractivity contribution is -0.870. The normalized spacial score (nSPS) is 14.6. The Hall–Kier alpha value is -2.32. The average molecular weight is 971 g/mol. The molecule has 0 rings (SSSR count). The average Bonchev–Trinajstić information content (AvgIpc) is 3.30. The van der Waals surface area contributed by atoms with Crippen molar-refractivity contribution in [3.05, 3.63) is 85.1 Å². The number of nitrogens with one attached hydrogen (secondary N) is 1. The van der Waals surface area contributed by atoms with Gasteiger partial charge in [0, 0.05) is 6.42 Å². The molecule has 0 aromatic heterocycles. The number of aliphatic hydroxyl groups is 1. The molecule has 3 atom stereocenters. The molecule has 0 spiro atoms. The fourth-order valence-electron chi connectivity index (χ4n) is 7.71. The molecule has 0 fully saturated rings. The van der Waals surface area contributed by atoms with Crippen molar-refractivity contribution in [3.8, 4) is 0 Å². The summed E-state index contributed by atoms with van der Waals surface area (Å²) in [5.41, 5.74) is 0. The molecule has 3 unspecified atom stereocenters. The molecule has 68 heavy (non-hydrogen) atoms. The number of likely N-dealkylation sites (N-methyl/N-ethyl adjacent to an activating group) is 1. The first-order valence-electron chi connectivity index (χ1n) is 27.9. The predicted molar refractivity (Wildman–Crippen MR) is 293 cm³/mol. The van der Waals surface area contributed by atoms with Crippen molar-refractivity contribution in [2.45, 2.75) is 244 Å². The van der Waals surface area contributed by atoms with Gasteiger partial charge in [-0.2, -0.15) is 0 Å². The molecular formula is C59H107N2O6P. The summed E-state index contributed by atoms with van der Waals surface area (Å²) >= 11 is 0. The third-order valence-electron chi connectivity index (χ3n) is 12.1. The summed E-state index contributed by atoms with van der Waals surface area (Å²) in [6.45, 7) is 4.51. The van der Waals surface area contributed by atoms with Gasteiger partial charge in [-0.15, -0.1) is 0 Å². The molecule has 1 amide bonds. The third kappa shape index (κ3) is 51.5. The van der Waals surface area contributed by atoms with Crippen LogP contribution in [0, 0.1) is 0 Å². The second-order valence-electron chi connectivity index (χ2n) is 19.9. The number of quaternary nitrogens is 1. The number of rotatable bonds is 50. The van der Waals surface area contributed by atoms with Crippen LogP contribution in [0.3, 0.4) is 0 Å². The van der Waals surface area contributed by atoms with Gasteiger partial charge in [0.1, 0.15) is 13.2 Å². The number of phosphoric ester groups is 1. The lowest BCUT2D eigenvalue weighted by atomic mass is 10.0. The molecule has 0 radical (unpaired) electrons. The molecule has 0 aliphatic carbocycles. The zero-order chi connectivity index (χ0) is 49.9. The van der Waals surface area contributed by atoms with Gasteiger partial charge >= 0.3 is 0 Å². The van der Waals surface area contributed by atoms with E-state index in [-0.39, 0.29) is 12.5 Å². The van der Waals surface area contributed by atoms with Crippen LogP contribution in [-0.2, 0) is 18.4 Å². The molecule has 0 bridgehead atoms. The zero-order valence-electron chi connectivity index (χ0n) is 44.8. The summed E-state index contributed by atoms with van der Waals surface area (Å²) in [5.74, 6) is -0.216. The maximum atomic E-state index is 13.0. The Bertz CT molecular complexity index is 1380. The Balaban J connectivity index is 4.31. The Kier molecular flexibility index (Phi) is 48.0. The van der Waals surface area contributed by atoms with Crippen molar-refractivity contribution in [1.29, 1.82) is 0 Å². The van der Waals surface area contributed by atoms with E-state index in [1.165, 1.54) is 141 Å². The second kappa shape index (κ2) is 49.7. The standard InChI is InChI=1S/C59H107N2O6P/c1-6-8-10-12-14-16-18-20-22-24-26-28-29-30-31-33-35-37-39-41-43-45-47-49-51-53-59(63)60-57(56-67-68(64,65)66-55-54-61(3,4)5)58(62)52-50-48-46-44-42-40-38-36-34-32-27-25-23-21-19-17-15-13-11-9-7-2/h8,10,14,16,20,22,26,28,34,36,42,44,50,52,57-58,62H,6-7,9,11-13,15,17-19,21,23-25,27,29-33,35,37-41,43,45-49,51,53-56H2,1-5H3,(H-,60,63,64,65)/b10-8-,16-14-,22-20-,28-26-,36-34+,44-42+,52-50+. The number of carbonyl (C=O) groups excluding carboxylic acids is 1. The molecule has 0 heterocycles. The molecule has 394 valence electrons. The minimum absolute atomic E-state index is 0.0127. The molecule has 0 aliphatic rings. The van der Waals surface area contributed by atoms with Gasteiger partial charge in [-0.1, -0.05) is 227 Å². The summed E-state index contributed by atoms with van der Waals surface area (Å²) in [6.07, 6.45) is 69.4. The van der Waals surface area contributed by atoms with E-state index < -0.39 is 26.6 Å². The number of hydrogen-bond donors (Lipinski definition) is 2. The first kappa shape index (κ1) is 65.7. The highest BCUT2D eigenvalue weighted by atomic mass is 31.2. The van der Waals surface area contributed by atoms with Crippen LogP contribution in [0.4, 0.5) is 0 Å². The van der Waals surface area contributed by atoms with Gasteiger partial charge in [-0.25, -0.2) is 0 Å². The highest BCUT2D eigenvalue weighted by molar-refractivity contribution is 7.45. The molecule has 0 saturated carbocycles. The molecule has 2 N–H and O–H groups in total. The summed E-state index contributed by atoms with van der Waals surface area (Å²) in [4.78, 5) is 25.5. The van der Waals surface area contributed by atoms with Crippen LogP contribution in [-0.4, -0.2) is 68.5 Å². The number of carbonyl (C=O) groups is 1. The van der Waals surface area contributed by atoms with Gasteiger partial charge in [-0.3, -0.25) is 9.36 Å². The lowest BCUT2D eigenvalue weighted by Gasteiger charge is -2.29. The fraction of sp³-hybridized carbons (Fsp3) is 0.746. The Labute approximate surface area is 420 Å². The summed E-state index contributed by atoms with van der Waals surface area (Å²) in [7, 11) is 1.23. The van der Waals surface area contributed by atoms with E-state index in [0.29, 0.717) is 17.4 Å². The first-order chi connectivity index (χ1) is 33.0. The highest BCUT2D eigenvalue weighted by Gasteiger charge is 2.23. The molecule has 0 aromatic carbocycles. The first-order valence-corrected chi connectivity index (χ1v) is 29.4. The van der Waals surface area contributed by atoms with E-state index in [1.54, 1.807) is 6.08 Å². The fourth-order valence-corrected chi connectivity index (χ4v) is 8.43. The molecule has 0 aliphatic heterocycles. The van der Waals surface area contributed by atoms with E-state index in [9.17, 15) is 19.4 Å². The van der Waals surface area contributed by atoms with E-state index in [4.69, 9.17) is 9.05 Å².